The van der Waals surface area contributed by atoms with Crippen LogP contribution in [0.5, 0.6) is 0 Å². The normalized spacial score (nSPS) is 24.1. The molecular formula is C13H21N3. The number of pyridine rings is 1. The smallest absolute Gasteiger partial charge is 0.123 e. The highest BCUT2D eigenvalue weighted by Gasteiger charge is 2.49. The van der Waals surface area contributed by atoms with Crippen molar-refractivity contribution < 1.29 is 0 Å². The van der Waals surface area contributed by atoms with Crippen LogP contribution in [-0.2, 0) is 6.42 Å². The quantitative estimate of drug-likeness (QED) is 0.812. The highest BCUT2D eigenvalue weighted by atomic mass is 14.9. The maximum Gasteiger partial charge on any atom is 0.123 e. The molecule has 0 aromatic carbocycles. The Kier molecular flexibility index (Phi) is 2.89. The molecule has 3 nitrogen and oxygen atoms in total. The second kappa shape index (κ2) is 4.06. The maximum atomic E-state index is 5.69. The van der Waals surface area contributed by atoms with E-state index >= 15 is 0 Å². The van der Waals surface area contributed by atoms with Crippen LogP contribution in [0.3, 0.4) is 0 Å². The number of hydrogen-bond acceptors (Lipinski definition) is 3. The number of nitrogens with two attached hydrogens (primary N) is 1. The summed E-state index contributed by atoms with van der Waals surface area (Å²) in [5.74, 6) is 1.40. The van der Waals surface area contributed by atoms with E-state index in [0.29, 0.717) is 17.3 Å². The summed E-state index contributed by atoms with van der Waals surface area (Å²) in [6.07, 6.45) is 4.14. The van der Waals surface area contributed by atoms with Crippen molar-refractivity contribution in [2.24, 2.45) is 11.3 Å². The van der Waals surface area contributed by atoms with Gasteiger partial charge in [-0.3, -0.25) is 0 Å². The van der Waals surface area contributed by atoms with Crippen molar-refractivity contribution in [2.45, 2.75) is 32.7 Å². The van der Waals surface area contributed by atoms with E-state index in [1.807, 2.05) is 13.1 Å². The lowest BCUT2D eigenvalue weighted by Crippen LogP contribution is -2.31. The first-order valence-electron chi connectivity index (χ1n) is 5.90. The number of likely N-dealkylation sites (N-methyl/N-ethyl adjacent to an activating group) is 1. The SMILES string of the molecule is CNC(Cc1ccnc(N)c1)C1CC1(C)C. The third-order valence-corrected chi connectivity index (χ3v) is 3.75. The molecule has 3 heteroatoms. The number of anilines is 1. The van der Waals surface area contributed by atoms with Crippen LogP contribution in [0.2, 0.25) is 0 Å². The lowest BCUT2D eigenvalue weighted by Gasteiger charge is -2.18. The van der Waals surface area contributed by atoms with Gasteiger partial charge in [-0.05, 0) is 48.9 Å². The number of nitrogens with zero attached hydrogens (tertiary/aromatic N) is 1. The van der Waals surface area contributed by atoms with Crippen molar-refractivity contribution in [3.63, 3.8) is 0 Å². The lowest BCUT2D eigenvalue weighted by molar-refractivity contribution is 0.426. The molecule has 2 rings (SSSR count). The van der Waals surface area contributed by atoms with E-state index in [4.69, 9.17) is 5.73 Å². The first-order valence-corrected chi connectivity index (χ1v) is 5.90. The molecule has 1 aliphatic rings. The topological polar surface area (TPSA) is 50.9 Å². The summed E-state index contributed by atoms with van der Waals surface area (Å²) in [6, 6.07) is 4.58. The molecular weight excluding hydrogens is 198 g/mol. The van der Waals surface area contributed by atoms with Crippen molar-refractivity contribution in [1.82, 2.24) is 10.3 Å². The van der Waals surface area contributed by atoms with E-state index in [0.717, 1.165) is 12.3 Å². The van der Waals surface area contributed by atoms with E-state index in [2.05, 4.69) is 30.2 Å². The average molecular weight is 219 g/mol. The molecule has 0 saturated heterocycles. The van der Waals surface area contributed by atoms with Crippen LogP contribution in [0.15, 0.2) is 18.3 Å². The minimum Gasteiger partial charge on any atom is -0.384 e. The summed E-state index contributed by atoms with van der Waals surface area (Å²) in [4.78, 5) is 4.02. The third kappa shape index (κ3) is 2.35. The molecule has 88 valence electrons. The van der Waals surface area contributed by atoms with Crippen LogP contribution in [0, 0.1) is 11.3 Å². The molecule has 16 heavy (non-hydrogen) atoms. The zero-order valence-corrected chi connectivity index (χ0v) is 10.3. The molecule has 2 unspecified atom stereocenters. The average Bonchev–Trinajstić information content (AvgIpc) is 2.84. The Labute approximate surface area is 97.5 Å². The van der Waals surface area contributed by atoms with Gasteiger partial charge in [0, 0.05) is 12.2 Å². The largest absolute Gasteiger partial charge is 0.384 e. The van der Waals surface area contributed by atoms with Crippen LogP contribution in [0.25, 0.3) is 0 Å². The highest BCUT2D eigenvalue weighted by molar-refractivity contribution is 5.32. The van der Waals surface area contributed by atoms with Gasteiger partial charge in [0.2, 0.25) is 0 Å². The summed E-state index contributed by atoms with van der Waals surface area (Å²) < 4.78 is 0. The van der Waals surface area contributed by atoms with Gasteiger partial charge in [0.15, 0.2) is 0 Å². The molecule has 0 aliphatic heterocycles. The number of nitrogen functional groups attached to an aromatic ring is 1. The molecule has 1 aliphatic carbocycles. The van der Waals surface area contributed by atoms with Crippen LogP contribution in [-0.4, -0.2) is 18.1 Å². The predicted octanol–water partition coefficient (Wildman–Crippen LogP) is 1.84. The number of rotatable bonds is 4. The van der Waals surface area contributed by atoms with Gasteiger partial charge in [-0.25, -0.2) is 4.98 Å². The fourth-order valence-electron chi connectivity index (χ4n) is 2.52. The summed E-state index contributed by atoms with van der Waals surface area (Å²) in [5.41, 5.74) is 7.47. The molecule has 3 N–H and O–H groups in total. The number of nitrogens with one attached hydrogen (secondary N) is 1. The summed E-state index contributed by atoms with van der Waals surface area (Å²) >= 11 is 0. The Balaban J connectivity index is 2.03. The molecule has 2 atom stereocenters. The van der Waals surface area contributed by atoms with Crippen LogP contribution >= 0.6 is 0 Å². The van der Waals surface area contributed by atoms with Gasteiger partial charge < -0.3 is 11.1 Å². The summed E-state index contributed by atoms with van der Waals surface area (Å²) in [5, 5.41) is 3.43. The molecule has 0 bridgehead atoms. The Hall–Kier alpha value is -1.09. The number of aromatic nitrogens is 1. The monoisotopic (exact) mass is 219 g/mol. The molecule has 0 radical (unpaired) electrons. The molecule has 0 spiro atoms. The first kappa shape index (κ1) is 11.4. The molecule has 1 aromatic heterocycles. The fourth-order valence-corrected chi connectivity index (χ4v) is 2.52. The van der Waals surface area contributed by atoms with E-state index in [1.165, 1.54) is 12.0 Å². The van der Waals surface area contributed by atoms with Gasteiger partial charge in [-0.1, -0.05) is 13.8 Å². The van der Waals surface area contributed by atoms with Crippen molar-refractivity contribution in [3.8, 4) is 0 Å². The molecule has 0 amide bonds. The second-order valence-electron chi connectivity index (χ2n) is 5.49. The number of hydrogen-bond donors (Lipinski definition) is 2. The Morgan fingerprint density at radius 3 is 2.81 bits per heavy atom. The molecule has 1 heterocycles. The van der Waals surface area contributed by atoms with Gasteiger partial charge in [-0.2, -0.15) is 0 Å². The standard InChI is InChI=1S/C13H21N3/c1-13(2)8-10(13)11(15-3)6-9-4-5-16-12(14)7-9/h4-5,7,10-11,15H,6,8H2,1-3H3,(H2,14,16). The van der Waals surface area contributed by atoms with E-state index in [9.17, 15) is 0 Å². The summed E-state index contributed by atoms with van der Waals surface area (Å²) in [6.45, 7) is 4.67. The zero-order chi connectivity index (χ0) is 11.8. The van der Waals surface area contributed by atoms with Crippen LogP contribution in [0.4, 0.5) is 5.82 Å². The van der Waals surface area contributed by atoms with E-state index in [-0.39, 0.29) is 0 Å². The fraction of sp³-hybridized carbons (Fsp3) is 0.615. The van der Waals surface area contributed by atoms with E-state index in [1.54, 1.807) is 6.20 Å². The van der Waals surface area contributed by atoms with E-state index < -0.39 is 0 Å². The lowest BCUT2D eigenvalue weighted by atomic mass is 9.98. The maximum absolute atomic E-state index is 5.69. The van der Waals surface area contributed by atoms with Crippen LogP contribution < -0.4 is 11.1 Å². The van der Waals surface area contributed by atoms with Crippen molar-refractivity contribution in [2.75, 3.05) is 12.8 Å². The second-order valence-corrected chi connectivity index (χ2v) is 5.49. The first-order chi connectivity index (χ1) is 7.53. The Morgan fingerprint density at radius 2 is 2.31 bits per heavy atom. The van der Waals surface area contributed by atoms with Crippen LogP contribution in [0.1, 0.15) is 25.8 Å². The summed E-state index contributed by atoms with van der Waals surface area (Å²) in [7, 11) is 2.05. The Bertz CT molecular complexity index is 373. The van der Waals surface area contributed by atoms with Gasteiger partial charge >= 0.3 is 0 Å². The third-order valence-electron chi connectivity index (χ3n) is 3.75. The molecule has 1 fully saturated rings. The van der Waals surface area contributed by atoms with Gasteiger partial charge in [0.1, 0.15) is 5.82 Å². The minimum atomic E-state index is 0.506. The van der Waals surface area contributed by atoms with Crippen molar-refractivity contribution in [3.05, 3.63) is 23.9 Å². The predicted molar refractivity (Wildman–Crippen MR) is 67.1 cm³/mol. The minimum absolute atomic E-state index is 0.506. The zero-order valence-electron chi connectivity index (χ0n) is 10.3. The molecule has 1 saturated carbocycles. The Morgan fingerprint density at radius 1 is 1.62 bits per heavy atom. The van der Waals surface area contributed by atoms with Crippen molar-refractivity contribution >= 4 is 5.82 Å². The highest BCUT2D eigenvalue weighted by Crippen LogP contribution is 2.53. The van der Waals surface area contributed by atoms with Gasteiger partial charge in [0.25, 0.3) is 0 Å². The van der Waals surface area contributed by atoms with Crippen molar-refractivity contribution in [1.29, 1.82) is 0 Å². The molecule has 1 aromatic rings. The van der Waals surface area contributed by atoms with Gasteiger partial charge in [0.05, 0.1) is 0 Å². The van der Waals surface area contributed by atoms with Gasteiger partial charge in [-0.15, -0.1) is 0 Å².